The first-order valence-corrected chi connectivity index (χ1v) is 11.8. The average Bonchev–Trinajstić information content (AvgIpc) is 2.66. The molecule has 0 radical (unpaired) electrons. The Labute approximate surface area is 140 Å². The van der Waals surface area contributed by atoms with Crippen molar-refractivity contribution in [1.82, 2.24) is 0 Å². The number of Topliss-reactive ketones (excluding diaryl/α,β-unsaturated/α-hetero) is 1. The number of ether oxygens (including phenoxy) is 3. The molecule has 0 bridgehead atoms. The van der Waals surface area contributed by atoms with Gasteiger partial charge in [-0.05, 0) is 29.2 Å². The molecule has 0 heterocycles. The van der Waals surface area contributed by atoms with Crippen LogP contribution in [0.5, 0.6) is 11.5 Å². The van der Waals surface area contributed by atoms with E-state index in [1.807, 2.05) is 6.07 Å². The van der Waals surface area contributed by atoms with E-state index < -0.39 is 8.07 Å². The second kappa shape index (κ2) is 6.65. The van der Waals surface area contributed by atoms with Gasteiger partial charge in [-0.15, -0.1) is 0 Å². The summed E-state index contributed by atoms with van der Waals surface area (Å²) in [6.45, 7) is 12.0. The summed E-state index contributed by atoms with van der Waals surface area (Å²) in [5, 5.41) is 0. The van der Waals surface area contributed by atoms with Gasteiger partial charge in [0.2, 0.25) is 0 Å². The van der Waals surface area contributed by atoms with Gasteiger partial charge in [0.15, 0.2) is 24.1 Å². The van der Waals surface area contributed by atoms with Gasteiger partial charge < -0.3 is 14.2 Å². The van der Waals surface area contributed by atoms with Crippen LogP contribution >= 0.6 is 0 Å². The van der Waals surface area contributed by atoms with Crippen molar-refractivity contribution in [2.24, 2.45) is 0 Å². The minimum atomic E-state index is -1.09. The first-order valence-electron chi connectivity index (χ1n) is 8.10. The molecule has 1 aliphatic carbocycles. The van der Waals surface area contributed by atoms with E-state index in [1.165, 1.54) is 0 Å². The molecule has 0 saturated heterocycles. The molecule has 2 rings (SSSR count). The maximum Gasteiger partial charge on any atom is 0.189 e. The number of carbonyl (C=O) groups excluding carboxylic acids is 1. The van der Waals surface area contributed by atoms with E-state index in [2.05, 4.69) is 33.5 Å². The van der Waals surface area contributed by atoms with Crippen LogP contribution in [0.3, 0.4) is 0 Å². The zero-order chi connectivity index (χ0) is 17.3. The van der Waals surface area contributed by atoms with E-state index in [0.29, 0.717) is 24.5 Å². The summed E-state index contributed by atoms with van der Waals surface area (Å²) >= 11 is 0. The molecular formula is C18H28O4Si. The number of methoxy groups -OCH3 is 1. The van der Waals surface area contributed by atoms with Crippen molar-refractivity contribution in [3.63, 3.8) is 0 Å². The average molecular weight is 337 g/mol. The molecule has 0 fully saturated rings. The van der Waals surface area contributed by atoms with E-state index in [9.17, 15) is 4.79 Å². The highest BCUT2D eigenvalue weighted by Crippen LogP contribution is 2.43. The summed E-state index contributed by atoms with van der Waals surface area (Å²) in [5.74, 6) is 1.40. The third-order valence-electron chi connectivity index (χ3n) is 4.23. The van der Waals surface area contributed by atoms with Gasteiger partial charge in [-0.2, -0.15) is 0 Å². The Morgan fingerprint density at radius 1 is 1.17 bits per heavy atom. The second-order valence-electron chi connectivity index (χ2n) is 8.01. The molecule has 0 amide bonds. The summed E-state index contributed by atoms with van der Waals surface area (Å²) in [4.78, 5) is 12.1. The van der Waals surface area contributed by atoms with Crippen LogP contribution in [0, 0.1) is 0 Å². The van der Waals surface area contributed by atoms with E-state index in [-0.39, 0.29) is 18.0 Å². The fraction of sp³-hybridized carbons (Fsp3) is 0.611. The highest BCUT2D eigenvalue weighted by molar-refractivity contribution is 6.76. The lowest BCUT2D eigenvalue weighted by Crippen LogP contribution is -2.22. The highest BCUT2D eigenvalue weighted by Gasteiger charge is 2.37. The lowest BCUT2D eigenvalue weighted by atomic mass is 9.86. The fourth-order valence-electron chi connectivity index (χ4n) is 2.76. The van der Waals surface area contributed by atoms with Crippen LogP contribution in [-0.4, -0.2) is 34.4 Å². The number of carbonyl (C=O) groups is 1. The molecule has 0 unspecified atom stereocenters. The Hall–Kier alpha value is -1.33. The molecular weight excluding hydrogens is 308 g/mol. The fourth-order valence-corrected chi connectivity index (χ4v) is 3.51. The Balaban J connectivity index is 2.06. The monoisotopic (exact) mass is 336 g/mol. The highest BCUT2D eigenvalue weighted by atomic mass is 28.3. The lowest BCUT2D eigenvalue weighted by Gasteiger charge is -2.20. The first kappa shape index (κ1) is 18.0. The van der Waals surface area contributed by atoms with Gasteiger partial charge in [-0.3, -0.25) is 4.79 Å². The van der Waals surface area contributed by atoms with Crippen molar-refractivity contribution in [3.8, 4) is 11.5 Å². The van der Waals surface area contributed by atoms with E-state index in [4.69, 9.17) is 14.2 Å². The summed E-state index contributed by atoms with van der Waals surface area (Å²) < 4.78 is 16.7. The van der Waals surface area contributed by atoms with Crippen molar-refractivity contribution >= 4 is 13.9 Å². The Morgan fingerprint density at radius 2 is 1.87 bits per heavy atom. The van der Waals surface area contributed by atoms with Crippen molar-refractivity contribution < 1.29 is 19.0 Å². The lowest BCUT2D eigenvalue weighted by molar-refractivity contribution is 0.0205. The molecule has 0 spiro atoms. The second-order valence-corrected chi connectivity index (χ2v) is 13.6. The summed E-state index contributed by atoms with van der Waals surface area (Å²) in [6, 6.07) is 4.84. The van der Waals surface area contributed by atoms with Gasteiger partial charge in [0.25, 0.3) is 0 Å². The molecule has 1 aliphatic rings. The number of benzene rings is 1. The van der Waals surface area contributed by atoms with Gasteiger partial charge in [-0.25, -0.2) is 0 Å². The number of hydrogen-bond donors (Lipinski definition) is 0. The summed E-state index contributed by atoms with van der Waals surface area (Å²) in [6.07, 6.45) is 0.529. The van der Waals surface area contributed by atoms with Crippen molar-refractivity contribution in [3.05, 3.63) is 23.3 Å². The van der Waals surface area contributed by atoms with Crippen molar-refractivity contribution in [1.29, 1.82) is 0 Å². The topological polar surface area (TPSA) is 44.8 Å². The van der Waals surface area contributed by atoms with Crippen LogP contribution in [0.4, 0.5) is 0 Å². The minimum Gasteiger partial charge on any atom is -0.493 e. The minimum absolute atomic E-state index is 0.157. The molecule has 0 atom stereocenters. The molecule has 0 N–H and O–H groups in total. The number of ketones is 1. The van der Waals surface area contributed by atoms with Crippen molar-refractivity contribution in [2.45, 2.75) is 51.4 Å². The van der Waals surface area contributed by atoms with E-state index in [0.717, 1.165) is 17.2 Å². The summed E-state index contributed by atoms with van der Waals surface area (Å²) in [7, 11) is 0.501. The Kier molecular flexibility index (Phi) is 5.21. The SMILES string of the molecule is COc1cc2c(cc1OCOCC[Si](C)(C)C)C(C)(C)CC2=O. The first-order chi connectivity index (χ1) is 10.6. The molecule has 0 saturated carbocycles. The van der Waals surface area contributed by atoms with Crippen LogP contribution in [0.15, 0.2) is 12.1 Å². The van der Waals surface area contributed by atoms with Crippen LogP contribution in [-0.2, 0) is 10.2 Å². The van der Waals surface area contributed by atoms with Gasteiger partial charge in [-0.1, -0.05) is 33.5 Å². The quantitative estimate of drug-likeness (QED) is 0.424. The van der Waals surface area contributed by atoms with Crippen LogP contribution < -0.4 is 9.47 Å². The molecule has 0 aliphatic heterocycles. The van der Waals surface area contributed by atoms with Gasteiger partial charge in [0.1, 0.15) is 0 Å². The summed E-state index contributed by atoms with van der Waals surface area (Å²) in [5.41, 5.74) is 1.62. The third kappa shape index (κ3) is 4.35. The molecule has 4 nitrogen and oxygen atoms in total. The van der Waals surface area contributed by atoms with Crippen molar-refractivity contribution in [2.75, 3.05) is 20.5 Å². The largest absolute Gasteiger partial charge is 0.493 e. The third-order valence-corrected chi connectivity index (χ3v) is 5.93. The number of hydrogen-bond acceptors (Lipinski definition) is 4. The van der Waals surface area contributed by atoms with Gasteiger partial charge >= 0.3 is 0 Å². The molecule has 5 heteroatoms. The number of fused-ring (bicyclic) bond motifs is 1. The van der Waals surface area contributed by atoms with Crippen LogP contribution in [0.1, 0.15) is 36.2 Å². The smallest absolute Gasteiger partial charge is 0.189 e. The standard InChI is InChI=1S/C18H28O4Si/c1-18(2)11-15(19)13-9-16(20-3)17(10-14(13)18)22-12-21-7-8-23(4,5)6/h9-10H,7-8,11-12H2,1-6H3. The van der Waals surface area contributed by atoms with Gasteiger partial charge in [0.05, 0.1) is 7.11 Å². The Morgan fingerprint density at radius 3 is 2.48 bits per heavy atom. The van der Waals surface area contributed by atoms with Crippen LogP contribution in [0.2, 0.25) is 25.7 Å². The molecule has 128 valence electrons. The molecule has 1 aromatic carbocycles. The van der Waals surface area contributed by atoms with E-state index >= 15 is 0 Å². The molecule has 23 heavy (non-hydrogen) atoms. The maximum absolute atomic E-state index is 12.1. The zero-order valence-corrected chi connectivity index (χ0v) is 16.1. The van der Waals surface area contributed by atoms with E-state index in [1.54, 1.807) is 13.2 Å². The predicted molar refractivity (Wildman–Crippen MR) is 94.6 cm³/mol. The number of rotatable bonds is 7. The maximum atomic E-state index is 12.1. The normalized spacial score (nSPS) is 16.3. The predicted octanol–water partition coefficient (Wildman–Crippen LogP) is 4.25. The Bertz CT molecular complexity index is 587. The van der Waals surface area contributed by atoms with Gasteiger partial charge in [0, 0.05) is 26.7 Å². The zero-order valence-electron chi connectivity index (χ0n) is 15.1. The molecule has 0 aromatic heterocycles. The van der Waals surface area contributed by atoms with Crippen LogP contribution in [0.25, 0.3) is 0 Å². The molecule has 1 aromatic rings.